The second-order valence-electron chi connectivity index (χ2n) is 6.17. The van der Waals surface area contributed by atoms with Crippen LogP contribution in [0.25, 0.3) is 16.3 Å². The van der Waals surface area contributed by atoms with Gasteiger partial charge in [-0.05, 0) is 42.2 Å². The van der Waals surface area contributed by atoms with Gasteiger partial charge in [-0.25, -0.2) is 9.78 Å². The van der Waals surface area contributed by atoms with E-state index in [1.807, 2.05) is 56.3 Å². The fourth-order valence-corrected chi connectivity index (χ4v) is 3.73. The predicted octanol–water partition coefficient (Wildman–Crippen LogP) is 4.62. The summed E-state index contributed by atoms with van der Waals surface area (Å²) in [6.07, 6.45) is 4.53. The van der Waals surface area contributed by atoms with Crippen molar-refractivity contribution in [1.82, 2.24) is 4.98 Å². The SMILES string of the molecule is CCc1cccc(CC)c1NC(=O)COC(=O)/C=C/c1nc2ccccc2s1. The largest absolute Gasteiger partial charge is 0.452 e. The predicted molar refractivity (Wildman–Crippen MR) is 113 cm³/mol. The molecule has 0 aliphatic rings. The first-order chi connectivity index (χ1) is 13.6. The summed E-state index contributed by atoms with van der Waals surface area (Å²) in [4.78, 5) is 28.6. The van der Waals surface area contributed by atoms with Crippen molar-refractivity contribution in [2.75, 3.05) is 11.9 Å². The number of benzene rings is 2. The molecule has 1 amide bonds. The van der Waals surface area contributed by atoms with E-state index in [1.165, 1.54) is 17.4 Å². The van der Waals surface area contributed by atoms with Crippen molar-refractivity contribution in [2.24, 2.45) is 0 Å². The molecule has 1 heterocycles. The summed E-state index contributed by atoms with van der Waals surface area (Å²) >= 11 is 1.49. The maximum absolute atomic E-state index is 12.2. The fraction of sp³-hybridized carbons (Fsp3) is 0.227. The molecule has 0 fully saturated rings. The van der Waals surface area contributed by atoms with Crippen LogP contribution in [0.1, 0.15) is 30.0 Å². The monoisotopic (exact) mass is 394 g/mol. The highest BCUT2D eigenvalue weighted by atomic mass is 32.1. The van der Waals surface area contributed by atoms with Crippen molar-refractivity contribution >= 4 is 45.2 Å². The lowest BCUT2D eigenvalue weighted by Gasteiger charge is -2.14. The Labute approximate surface area is 168 Å². The van der Waals surface area contributed by atoms with Crippen molar-refractivity contribution in [2.45, 2.75) is 26.7 Å². The van der Waals surface area contributed by atoms with Gasteiger partial charge < -0.3 is 10.1 Å². The van der Waals surface area contributed by atoms with E-state index in [2.05, 4.69) is 10.3 Å². The van der Waals surface area contributed by atoms with E-state index >= 15 is 0 Å². The molecule has 0 radical (unpaired) electrons. The van der Waals surface area contributed by atoms with Crippen molar-refractivity contribution in [1.29, 1.82) is 0 Å². The Morgan fingerprint density at radius 2 is 1.79 bits per heavy atom. The van der Waals surface area contributed by atoms with Crippen LogP contribution in [0.2, 0.25) is 0 Å². The van der Waals surface area contributed by atoms with Crippen LogP contribution in [0.5, 0.6) is 0 Å². The number of rotatable bonds is 7. The lowest BCUT2D eigenvalue weighted by Crippen LogP contribution is -2.21. The summed E-state index contributed by atoms with van der Waals surface area (Å²) in [6, 6.07) is 13.7. The standard InChI is InChI=1S/C22H22N2O3S/c1-3-15-8-7-9-16(4-2)22(15)24-19(25)14-27-21(26)13-12-20-23-17-10-5-6-11-18(17)28-20/h5-13H,3-4,14H2,1-2H3,(H,24,25)/b13-12+. The third kappa shape index (κ3) is 4.84. The van der Waals surface area contributed by atoms with Crippen molar-refractivity contribution in [3.05, 3.63) is 64.7 Å². The molecule has 3 aromatic rings. The highest BCUT2D eigenvalue weighted by Crippen LogP contribution is 2.23. The van der Waals surface area contributed by atoms with Gasteiger partial charge in [-0.1, -0.05) is 44.2 Å². The quantitative estimate of drug-likeness (QED) is 0.469. The number of fused-ring (bicyclic) bond motifs is 1. The maximum Gasteiger partial charge on any atom is 0.331 e. The second kappa shape index (κ2) is 9.28. The van der Waals surface area contributed by atoms with Crippen molar-refractivity contribution in [3.8, 4) is 0 Å². The minimum absolute atomic E-state index is 0.329. The Balaban J connectivity index is 1.56. The van der Waals surface area contributed by atoms with Crippen LogP contribution in [0.4, 0.5) is 5.69 Å². The van der Waals surface area contributed by atoms with E-state index in [0.717, 1.165) is 39.9 Å². The number of amides is 1. The van der Waals surface area contributed by atoms with E-state index in [4.69, 9.17) is 4.74 Å². The maximum atomic E-state index is 12.2. The van der Waals surface area contributed by atoms with Crippen LogP contribution >= 0.6 is 11.3 Å². The van der Waals surface area contributed by atoms with Gasteiger partial charge in [-0.2, -0.15) is 0 Å². The second-order valence-corrected chi connectivity index (χ2v) is 7.23. The van der Waals surface area contributed by atoms with Gasteiger partial charge >= 0.3 is 5.97 Å². The van der Waals surface area contributed by atoms with Crippen LogP contribution in [0.15, 0.2) is 48.5 Å². The minimum Gasteiger partial charge on any atom is -0.452 e. The molecule has 0 saturated carbocycles. The average Bonchev–Trinajstić information content (AvgIpc) is 3.14. The van der Waals surface area contributed by atoms with Gasteiger partial charge in [0.25, 0.3) is 5.91 Å². The first-order valence-electron chi connectivity index (χ1n) is 9.21. The number of para-hydroxylation sites is 2. The van der Waals surface area contributed by atoms with Gasteiger partial charge in [0.05, 0.1) is 10.2 Å². The smallest absolute Gasteiger partial charge is 0.331 e. The molecular formula is C22H22N2O3S. The Bertz CT molecular complexity index is 968. The number of ether oxygens (including phenoxy) is 1. The molecule has 2 aromatic carbocycles. The molecule has 3 rings (SSSR count). The van der Waals surface area contributed by atoms with Gasteiger partial charge in [-0.3, -0.25) is 4.79 Å². The van der Waals surface area contributed by atoms with Gasteiger partial charge in [0.2, 0.25) is 0 Å². The highest BCUT2D eigenvalue weighted by Gasteiger charge is 2.11. The fourth-order valence-electron chi connectivity index (χ4n) is 2.86. The van der Waals surface area contributed by atoms with Crippen LogP contribution in [-0.2, 0) is 27.2 Å². The molecule has 0 atom stereocenters. The highest BCUT2D eigenvalue weighted by molar-refractivity contribution is 7.19. The summed E-state index contributed by atoms with van der Waals surface area (Å²) in [6.45, 7) is 3.75. The molecule has 1 N–H and O–H groups in total. The molecule has 1 aromatic heterocycles. The molecule has 5 nitrogen and oxygen atoms in total. The molecule has 6 heteroatoms. The van der Waals surface area contributed by atoms with Gasteiger partial charge in [-0.15, -0.1) is 11.3 Å². The summed E-state index contributed by atoms with van der Waals surface area (Å²) in [5, 5.41) is 3.59. The molecule has 0 aliphatic heterocycles. The zero-order valence-corrected chi connectivity index (χ0v) is 16.7. The summed E-state index contributed by atoms with van der Waals surface area (Å²) in [7, 11) is 0. The number of anilines is 1. The molecule has 144 valence electrons. The zero-order valence-electron chi connectivity index (χ0n) is 15.9. The number of nitrogens with zero attached hydrogens (tertiary/aromatic N) is 1. The van der Waals surface area contributed by atoms with E-state index in [1.54, 1.807) is 6.08 Å². The minimum atomic E-state index is -0.575. The lowest BCUT2D eigenvalue weighted by molar-refractivity contribution is -0.142. The number of aryl methyl sites for hydroxylation is 2. The molecule has 28 heavy (non-hydrogen) atoms. The van der Waals surface area contributed by atoms with Crippen LogP contribution in [-0.4, -0.2) is 23.5 Å². The Kier molecular flexibility index (Phi) is 6.55. The first-order valence-corrected chi connectivity index (χ1v) is 10.0. The topological polar surface area (TPSA) is 68.3 Å². The Morgan fingerprint density at radius 3 is 2.46 bits per heavy atom. The zero-order chi connectivity index (χ0) is 19.9. The number of carbonyl (C=O) groups is 2. The molecule has 0 saturated heterocycles. The van der Waals surface area contributed by atoms with Crippen LogP contribution in [0, 0.1) is 0 Å². The number of hydrogen-bond acceptors (Lipinski definition) is 5. The summed E-state index contributed by atoms with van der Waals surface area (Å²) in [5.74, 6) is -0.925. The average molecular weight is 394 g/mol. The number of carbonyl (C=O) groups excluding carboxylic acids is 2. The van der Waals surface area contributed by atoms with Gasteiger partial charge in [0.1, 0.15) is 5.01 Å². The van der Waals surface area contributed by atoms with Gasteiger partial charge in [0, 0.05) is 11.8 Å². The lowest BCUT2D eigenvalue weighted by atomic mass is 10.0. The normalized spacial score (nSPS) is 11.1. The van der Waals surface area contributed by atoms with E-state index in [-0.39, 0.29) is 12.5 Å². The molecule has 0 bridgehead atoms. The van der Waals surface area contributed by atoms with Gasteiger partial charge in [0.15, 0.2) is 6.61 Å². The summed E-state index contributed by atoms with van der Waals surface area (Å²) in [5.41, 5.74) is 3.84. The van der Waals surface area contributed by atoms with Crippen LogP contribution in [0.3, 0.4) is 0 Å². The summed E-state index contributed by atoms with van der Waals surface area (Å²) < 4.78 is 6.11. The molecule has 0 aliphatic carbocycles. The molecular weight excluding hydrogens is 372 g/mol. The number of aromatic nitrogens is 1. The molecule has 0 spiro atoms. The van der Waals surface area contributed by atoms with E-state index in [9.17, 15) is 9.59 Å². The number of hydrogen-bond donors (Lipinski definition) is 1. The van der Waals surface area contributed by atoms with Crippen molar-refractivity contribution < 1.29 is 14.3 Å². The van der Waals surface area contributed by atoms with E-state index < -0.39 is 5.97 Å². The number of nitrogens with one attached hydrogen (secondary N) is 1. The number of esters is 1. The Morgan fingerprint density at radius 1 is 1.07 bits per heavy atom. The number of thiazole rings is 1. The van der Waals surface area contributed by atoms with Crippen LogP contribution < -0.4 is 5.32 Å². The third-order valence-corrected chi connectivity index (χ3v) is 5.28. The third-order valence-electron chi connectivity index (χ3n) is 4.28. The molecule has 0 unspecified atom stereocenters. The van der Waals surface area contributed by atoms with E-state index in [0.29, 0.717) is 5.01 Å². The first kappa shape index (κ1) is 19.8. The Hall–Kier alpha value is -2.99. The van der Waals surface area contributed by atoms with Crippen molar-refractivity contribution in [3.63, 3.8) is 0 Å².